The minimum absolute atomic E-state index is 0.270. The summed E-state index contributed by atoms with van der Waals surface area (Å²) < 4.78 is 3.11. The van der Waals surface area contributed by atoms with Crippen LogP contribution in [0.5, 0.6) is 0 Å². The molecule has 1 saturated carbocycles. The number of nitrogens with zero attached hydrogens (tertiary/aromatic N) is 2. The first kappa shape index (κ1) is 21.6. The molecule has 2 atom stereocenters. The predicted molar refractivity (Wildman–Crippen MR) is 114 cm³/mol. The van der Waals surface area contributed by atoms with E-state index in [0.717, 1.165) is 23.9 Å². The number of imidazole rings is 1. The summed E-state index contributed by atoms with van der Waals surface area (Å²) in [7, 11) is 0. The molecule has 1 amide bonds. The average molecular weight is 403 g/mol. The monoisotopic (exact) mass is 402 g/mol. The molecule has 0 saturated heterocycles. The number of carbonyl (C=O) groups excluding carboxylic acids is 1. The second-order valence-corrected chi connectivity index (χ2v) is 9.50. The SMILES string of the molecule is Cc1ccc2c(c1)n(C(O)N[C@H](C(N)=O)C(C)(C)C)c(=O)n2CC1CCCCC1. The van der Waals surface area contributed by atoms with Crippen LogP contribution in [-0.2, 0) is 11.3 Å². The van der Waals surface area contributed by atoms with E-state index in [-0.39, 0.29) is 5.69 Å². The Balaban J connectivity index is 2.02. The lowest BCUT2D eigenvalue weighted by Gasteiger charge is -2.31. The van der Waals surface area contributed by atoms with Crippen LogP contribution in [0.3, 0.4) is 0 Å². The summed E-state index contributed by atoms with van der Waals surface area (Å²) in [6.45, 7) is 8.19. The molecule has 160 valence electrons. The lowest BCUT2D eigenvalue weighted by atomic mass is 9.86. The van der Waals surface area contributed by atoms with Crippen LogP contribution in [0.2, 0.25) is 0 Å². The van der Waals surface area contributed by atoms with Gasteiger partial charge in [0.15, 0.2) is 6.35 Å². The Morgan fingerprint density at radius 3 is 2.48 bits per heavy atom. The topological polar surface area (TPSA) is 102 Å². The van der Waals surface area contributed by atoms with Crippen molar-refractivity contribution in [1.29, 1.82) is 0 Å². The molecule has 1 aliphatic carbocycles. The van der Waals surface area contributed by atoms with E-state index < -0.39 is 23.7 Å². The van der Waals surface area contributed by atoms with Gasteiger partial charge in [-0.3, -0.25) is 19.2 Å². The minimum atomic E-state index is -1.35. The zero-order valence-corrected chi connectivity index (χ0v) is 17.9. The first-order valence-corrected chi connectivity index (χ1v) is 10.5. The van der Waals surface area contributed by atoms with Gasteiger partial charge in [-0.15, -0.1) is 0 Å². The van der Waals surface area contributed by atoms with E-state index >= 15 is 0 Å². The number of amides is 1. The quantitative estimate of drug-likeness (QED) is 0.646. The van der Waals surface area contributed by atoms with Crippen molar-refractivity contribution in [3.63, 3.8) is 0 Å². The van der Waals surface area contributed by atoms with Crippen LogP contribution < -0.4 is 16.7 Å². The van der Waals surface area contributed by atoms with Crippen molar-refractivity contribution in [2.45, 2.75) is 78.7 Å². The van der Waals surface area contributed by atoms with Crippen molar-refractivity contribution in [2.24, 2.45) is 17.1 Å². The number of carbonyl (C=O) groups is 1. The van der Waals surface area contributed by atoms with Crippen LogP contribution >= 0.6 is 0 Å². The van der Waals surface area contributed by atoms with Crippen molar-refractivity contribution >= 4 is 16.9 Å². The summed E-state index contributed by atoms with van der Waals surface area (Å²) in [5, 5.41) is 13.8. The van der Waals surface area contributed by atoms with Crippen LogP contribution in [0.4, 0.5) is 0 Å². The third-order valence-corrected chi connectivity index (χ3v) is 5.99. The Morgan fingerprint density at radius 2 is 1.90 bits per heavy atom. The van der Waals surface area contributed by atoms with Gasteiger partial charge in [-0.2, -0.15) is 0 Å². The van der Waals surface area contributed by atoms with Gasteiger partial charge in [0.1, 0.15) is 0 Å². The zero-order chi connectivity index (χ0) is 21.3. The lowest BCUT2D eigenvalue weighted by Crippen LogP contribution is -2.53. The van der Waals surface area contributed by atoms with Crippen molar-refractivity contribution in [1.82, 2.24) is 14.5 Å². The van der Waals surface area contributed by atoms with Crippen LogP contribution in [0.25, 0.3) is 11.0 Å². The smallest absolute Gasteiger partial charge is 0.332 e. The van der Waals surface area contributed by atoms with Crippen LogP contribution in [0, 0.1) is 18.3 Å². The third kappa shape index (κ3) is 4.56. The number of hydrogen-bond donors (Lipinski definition) is 3. The first-order chi connectivity index (χ1) is 13.6. The molecule has 2 aromatic rings. The summed E-state index contributed by atoms with van der Waals surface area (Å²) >= 11 is 0. The van der Waals surface area contributed by atoms with E-state index in [2.05, 4.69) is 5.32 Å². The second-order valence-electron chi connectivity index (χ2n) is 9.50. The first-order valence-electron chi connectivity index (χ1n) is 10.5. The number of primary amides is 1. The molecule has 1 heterocycles. The number of nitrogens with two attached hydrogens (primary N) is 1. The summed E-state index contributed by atoms with van der Waals surface area (Å²) in [5.74, 6) is -0.0911. The molecule has 1 aliphatic rings. The number of aryl methyl sites for hydroxylation is 1. The van der Waals surface area contributed by atoms with Gasteiger partial charge < -0.3 is 10.8 Å². The lowest BCUT2D eigenvalue weighted by molar-refractivity contribution is -0.124. The fraction of sp³-hybridized carbons (Fsp3) is 0.636. The van der Waals surface area contributed by atoms with Gasteiger partial charge in [-0.05, 0) is 48.8 Å². The molecule has 0 radical (unpaired) electrons. The minimum Gasteiger partial charge on any atom is -0.368 e. The highest BCUT2D eigenvalue weighted by molar-refractivity contribution is 5.81. The molecule has 4 N–H and O–H groups in total. The maximum absolute atomic E-state index is 13.3. The molecular formula is C22H34N4O3. The molecule has 7 nitrogen and oxygen atoms in total. The highest BCUT2D eigenvalue weighted by Gasteiger charge is 2.33. The highest BCUT2D eigenvalue weighted by Crippen LogP contribution is 2.27. The second kappa shape index (κ2) is 8.32. The van der Waals surface area contributed by atoms with Gasteiger partial charge in [0, 0.05) is 6.54 Å². The number of rotatable bonds is 6. The molecule has 0 bridgehead atoms. The molecule has 1 aromatic carbocycles. The van der Waals surface area contributed by atoms with E-state index in [1.807, 2.05) is 45.9 Å². The van der Waals surface area contributed by atoms with E-state index in [1.54, 1.807) is 4.57 Å². The van der Waals surface area contributed by atoms with Crippen LogP contribution in [0.15, 0.2) is 23.0 Å². The van der Waals surface area contributed by atoms with Crippen molar-refractivity contribution in [3.8, 4) is 0 Å². The molecule has 3 rings (SSSR count). The van der Waals surface area contributed by atoms with Gasteiger partial charge in [-0.25, -0.2) is 4.79 Å². The van der Waals surface area contributed by atoms with Gasteiger partial charge in [-0.1, -0.05) is 46.1 Å². The normalized spacial score (nSPS) is 18.1. The number of fused-ring (bicyclic) bond motifs is 1. The van der Waals surface area contributed by atoms with Gasteiger partial charge in [0.05, 0.1) is 17.1 Å². The summed E-state index contributed by atoms with van der Waals surface area (Å²) in [4.78, 5) is 25.3. The van der Waals surface area contributed by atoms with Gasteiger partial charge >= 0.3 is 5.69 Å². The van der Waals surface area contributed by atoms with Crippen molar-refractivity contribution < 1.29 is 9.90 Å². The maximum Gasteiger partial charge on any atom is 0.332 e. The molecule has 1 unspecified atom stereocenters. The summed E-state index contributed by atoms with van der Waals surface area (Å²) in [6, 6.07) is 5.03. The standard InChI is InChI=1S/C22H34N4O3/c1-14-10-11-16-17(12-14)26(20(28)24-18(19(23)27)22(2,3)4)21(29)25(16)13-15-8-6-5-7-9-15/h10-12,15,18,20,24,28H,5-9,13H2,1-4H3,(H2,23,27)/t18-,20?/m1/s1. The highest BCUT2D eigenvalue weighted by atomic mass is 16.3. The fourth-order valence-electron chi connectivity index (χ4n) is 4.41. The van der Waals surface area contributed by atoms with E-state index in [1.165, 1.54) is 23.8 Å². The molecule has 7 heteroatoms. The summed E-state index contributed by atoms with van der Waals surface area (Å²) in [5.41, 5.74) is 7.23. The molecule has 1 aromatic heterocycles. The van der Waals surface area contributed by atoms with Crippen molar-refractivity contribution in [2.75, 3.05) is 0 Å². The number of aliphatic hydroxyl groups is 1. The number of aromatic nitrogens is 2. The maximum atomic E-state index is 13.3. The number of aliphatic hydroxyl groups excluding tert-OH is 1. The molecule has 0 aliphatic heterocycles. The number of hydrogen-bond acceptors (Lipinski definition) is 4. The Bertz CT molecular complexity index is 932. The summed E-state index contributed by atoms with van der Waals surface area (Å²) in [6.07, 6.45) is 4.56. The van der Waals surface area contributed by atoms with Crippen LogP contribution in [0.1, 0.15) is 64.8 Å². The van der Waals surface area contributed by atoms with Crippen LogP contribution in [-0.4, -0.2) is 26.2 Å². The van der Waals surface area contributed by atoms with Gasteiger partial charge in [0.25, 0.3) is 0 Å². The molecule has 1 fully saturated rings. The van der Waals surface area contributed by atoms with E-state index in [0.29, 0.717) is 18.0 Å². The fourth-order valence-corrected chi connectivity index (χ4v) is 4.41. The molecular weight excluding hydrogens is 368 g/mol. The van der Waals surface area contributed by atoms with Crippen molar-refractivity contribution in [3.05, 3.63) is 34.2 Å². The van der Waals surface area contributed by atoms with E-state index in [9.17, 15) is 14.7 Å². The Labute approximate surface area is 171 Å². The Hall–Kier alpha value is -2.12. The van der Waals surface area contributed by atoms with Gasteiger partial charge in [0.2, 0.25) is 5.91 Å². The number of nitrogens with one attached hydrogen (secondary N) is 1. The zero-order valence-electron chi connectivity index (χ0n) is 17.9. The number of benzene rings is 1. The predicted octanol–water partition coefficient (Wildman–Crippen LogP) is 2.63. The molecule has 29 heavy (non-hydrogen) atoms. The Morgan fingerprint density at radius 1 is 1.24 bits per heavy atom. The Kier molecular flexibility index (Phi) is 6.19. The average Bonchev–Trinajstić information content (AvgIpc) is 2.90. The molecule has 0 spiro atoms. The van der Waals surface area contributed by atoms with E-state index in [4.69, 9.17) is 5.73 Å². The largest absolute Gasteiger partial charge is 0.368 e. The third-order valence-electron chi connectivity index (χ3n) is 5.99.